The summed E-state index contributed by atoms with van der Waals surface area (Å²) in [4.78, 5) is 6.09. The van der Waals surface area contributed by atoms with E-state index in [1.165, 1.54) is 12.3 Å². The van der Waals surface area contributed by atoms with E-state index in [2.05, 4.69) is 20.9 Å². The molecule has 19 heavy (non-hydrogen) atoms. The summed E-state index contributed by atoms with van der Waals surface area (Å²) in [6.45, 7) is 0.938. The van der Waals surface area contributed by atoms with Crippen LogP contribution in [0.15, 0.2) is 41.0 Å². The Balaban J connectivity index is 2.25. The molecule has 0 aliphatic rings. The van der Waals surface area contributed by atoms with Gasteiger partial charge in [0.25, 0.3) is 0 Å². The van der Waals surface area contributed by atoms with Gasteiger partial charge in [-0.15, -0.1) is 0 Å². The molecule has 2 rings (SSSR count). The van der Waals surface area contributed by atoms with Gasteiger partial charge in [0.1, 0.15) is 11.6 Å². The second kappa shape index (κ2) is 6.12. The second-order valence-electron chi connectivity index (χ2n) is 4.29. The summed E-state index contributed by atoms with van der Waals surface area (Å²) >= 11 is 3.51. The fraction of sp³-hybridized carbons (Fsp3) is 0.214. The SMILES string of the molecule is CN(Cc1ccccc1Br)c1ncc(F)cc1CN. The van der Waals surface area contributed by atoms with Crippen molar-refractivity contribution in [3.05, 3.63) is 57.9 Å². The molecule has 0 aliphatic heterocycles. The molecule has 0 bridgehead atoms. The average Bonchev–Trinajstić information content (AvgIpc) is 2.41. The average molecular weight is 324 g/mol. The van der Waals surface area contributed by atoms with Gasteiger partial charge in [0.15, 0.2) is 0 Å². The van der Waals surface area contributed by atoms with Crippen LogP contribution < -0.4 is 10.6 Å². The molecule has 0 fully saturated rings. The Hall–Kier alpha value is -1.46. The highest BCUT2D eigenvalue weighted by atomic mass is 79.9. The number of benzene rings is 1. The van der Waals surface area contributed by atoms with Crippen molar-refractivity contribution < 1.29 is 4.39 Å². The summed E-state index contributed by atoms with van der Waals surface area (Å²) in [6.07, 6.45) is 1.21. The first-order valence-electron chi connectivity index (χ1n) is 5.91. The molecular weight excluding hydrogens is 309 g/mol. The molecule has 2 N–H and O–H groups in total. The monoisotopic (exact) mass is 323 g/mol. The molecule has 0 amide bonds. The minimum atomic E-state index is -0.363. The molecular formula is C14H15BrFN3. The van der Waals surface area contributed by atoms with Crippen molar-refractivity contribution in [1.82, 2.24) is 4.98 Å². The van der Waals surface area contributed by atoms with Gasteiger partial charge >= 0.3 is 0 Å². The number of nitrogens with zero attached hydrogens (tertiary/aromatic N) is 2. The van der Waals surface area contributed by atoms with Gasteiger partial charge in [0, 0.05) is 30.2 Å². The van der Waals surface area contributed by atoms with Gasteiger partial charge in [0.2, 0.25) is 0 Å². The maximum Gasteiger partial charge on any atom is 0.141 e. The molecule has 3 nitrogen and oxygen atoms in total. The Kier molecular flexibility index (Phi) is 4.50. The summed E-state index contributed by atoms with van der Waals surface area (Å²) in [5, 5.41) is 0. The highest BCUT2D eigenvalue weighted by Crippen LogP contribution is 2.22. The zero-order valence-corrected chi connectivity index (χ0v) is 12.2. The Morgan fingerprint density at radius 1 is 1.32 bits per heavy atom. The van der Waals surface area contributed by atoms with E-state index in [0.29, 0.717) is 17.9 Å². The van der Waals surface area contributed by atoms with E-state index in [9.17, 15) is 4.39 Å². The van der Waals surface area contributed by atoms with E-state index >= 15 is 0 Å². The number of hydrogen-bond acceptors (Lipinski definition) is 3. The first kappa shape index (κ1) is 14.0. The zero-order valence-electron chi connectivity index (χ0n) is 10.6. The maximum absolute atomic E-state index is 13.1. The topological polar surface area (TPSA) is 42.2 Å². The Morgan fingerprint density at radius 2 is 2.05 bits per heavy atom. The van der Waals surface area contributed by atoms with E-state index in [-0.39, 0.29) is 12.4 Å². The summed E-state index contributed by atoms with van der Waals surface area (Å²) in [7, 11) is 1.92. The normalized spacial score (nSPS) is 10.5. The molecule has 0 spiro atoms. The predicted octanol–water partition coefficient (Wildman–Crippen LogP) is 3.08. The van der Waals surface area contributed by atoms with Crippen LogP contribution in [0.25, 0.3) is 0 Å². The third-order valence-corrected chi connectivity index (χ3v) is 3.63. The molecule has 0 aliphatic carbocycles. The van der Waals surface area contributed by atoms with E-state index < -0.39 is 0 Å². The quantitative estimate of drug-likeness (QED) is 0.940. The molecule has 1 aromatic carbocycles. The molecule has 2 aromatic rings. The minimum Gasteiger partial charge on any atom is -0.355 e. The van der Waals surface area contributed by atoms with Crippen molar-refractivity contribution in [2.45, 2.75) is 13.1 Å². The lowest BCUT2D eigenvalue weighted by Crippen LogP contribution is -2.20. The van der Waals surface area contributed by atoms with Crippen molar-refractivity contribution in [2.75, 3.05) is 11.9 Å². The lowest BCUT2D eigenvalue weighted by atomic mass is 10.2. The molecule has 0 saturated heterocycles. The first-order valence-corrected chi connectivity index (χ1v) is 6.70. The van der Waals surface area contributed by atoms with Crippen LogP contribution in [-0.2, 0) is 13.1 Å². The molecule has 0 saturated carbocycles. The number of hydrogen-bond donors (Lipinski definition) is 1. The fourth-order valence-electron chi connectivity index (χ4n) is 1.92. The Morgan fingerprint density at radius 3 is 2.74 bits per heavy atom. The van der Waals surface area contributed by atoms with Gasteiger partial charge in [-0.1, -0.05) is 34.1 Å². The molecule has 100 valence electrons. The van der Waals surface area contributed by atoms with Crippen molar-refractivity contribution >= 4 is 21.7 Å². The number of pyridine rings is 1. The van der Waals surface area contributed by atoms with E-state index in [4.69, 9.17) is 5.73 Å². The van der Waals surface area contributed by atoms with E-state index in [1.54, 1.807) is 0 Å². The van der Waals surface area contributed by atoms with Crippen LogP contribution in [0.5, 0.6) is 0 Å². The first-order chi connectivity index (χ1) is 9.11. The van der Waals surface area contributed by atoms with Crippen LogP contribution in [0.1, 0.15) is 11.1 Å². The van der Waals surface area contributed by atoms with Crippen LogP contribution in [0, 0.1) is 5.82 Å². The number of rotatable bonds is 4. The van der Waals surface area contributed by atoms with Crippen molar-refractivity contribution in [1.29, 1.82) is 0 Å². The number of nitrogens with two attached hydrogens (primary N) is 1. The van der Waals surface area contributed by atoms with Gasteiger partial charge in [0.05, 0.1) is 6.20 Å². The predicted molar refractivity (Wildman–Crippen MR) is 78.3 cm³/mol. The highest BCUT2D eigenvalue weighted by molar-refractivity contribution is 9.10. The molecule has 0 atom stereocenters. The molecule has 1 aromatic heterocycles. The Labute approximate surface area is 120 Å². The van der Waals surface area contributed by atoms with Gasteiger partial charge in [-0.3, -0.25) is 0 Å². The van der Waals surface area contributed by atoms with Crippen LogP contribution in [0.4, 0.5) is 10.2 Å². The zero-order chi connectivity index (χ0) is 13.8. The van der Waals surface area contributed by atoms with Gasteiger partial charge in [-0.2, -0.15) is 0 Å². The molecule has 0 unspecified atom stereocenters. The molecule has 1 heterocycles. The number of anilines is 1. The molecule has 0 radical (unpaired) electrons. The molecule has 5 heteroatoms. The van der Waals surface area contributed by atoms with Crippen molar-refractivity contribution in [3.63, 3.8) is 0 Å². The minimum absolute atomic E-state index is 0.264. The van der Waals surface area contributed by atoms with Gasteiger partial charge in [-0.05, 0) is 17.7 Å². The maximum atomic E-state index is 13.1. The van der Waals surface area contributed by atoms with Crippen LogP contribution >= 0.6 is 15.9 Å². The fourth-order valence-corrected chi connectivity index (χ4v) is 2.34. The van der Waals surface area contributed by atoms with Crippen molar-refractivity contribution in [3.8, 4) is 0 Å². The van der Waals surface area contributed by atoms with Crippen molar-refractivity contribution in [2.24, 2.45) is 5.73 Å². The van der Waals surface area contributed by atoms with E-state index in [0.717, 1.165) is 10.0 Å². The Bertz CT molecular complexity index is 574. The third kappa shape index (κ3) is 3.30. The lowest BCUT2D eigenvalue weighted by molar-refractivity contribution is 0.617. The second-order valence-corrected chi connectivity index (χ2v) is 5.14. The summed E-state index contributed by atoms with van der Waals surface area (Å²) < 4.78 is 14.2. The van der Waals surface area contributed by atoms with Gasteiger partial charge < -0.3 is 10.6 Å². The largest absolute Gasteiger partial charge is 0.355 e. The standard InChI is InChI=1S/C14H15BrFN3/c1-19(9-10-4-2-3-5-13(10)15)14-11(7-17)6-12(16)8-18-14/h2-6,8H,7,9,17H2,1H3. The van der Waals surface area contributed by atoms with E-state index in [1.807, 2.05) is 36.2 Å². The number of aromatic nitrogens is 1. The highest BCUT2D eigenvalue weighted by Gasteiger charge is 2.11. The third-order valence-electron chi connectivity index (χ3n) is 2.86. The lowest BCUT2D eigenvalue weighted by Gasteiger charge is -2.21. The van der Waals surface area contributed by atoms with Crippen LogP contribution in [0.2, 0.25) is 0 Å². The number of halogens is 2. The summed E-state index contributed by atoms with van der Waals surface area (Å²) in [5.41, 5.74) is 7.48. The van der Waals surface area contributed by atoms with Gasteiger partial charge in [-0.25, -0.2) is 9.37 Å². The smallest absolute Gasteiger partial charge is 0.141 e. The van der Waals surface area contributed by atoms with Crippen LogP contribution in [0.3, 0.4) is 0 Å². The summed E-state index contributed by atoms with van der Waals surface area (Å²) in [6, 6.07) is 9.40. The van der Waals surface area contributed by atoms with Crippen LogP contribution in [-0.4, -0.2) is 12.0 Å². The summed E-state index contributed by atoms with van der Waals surface area (Å²) in [5.74, 6) is 0.346.